The Morgan fingerprint density at radius 3 is 3.00 bits per heavy atom. The van der Waals surface area contributed by atoms with E-state index in [1.807, 2.05) is 11.0 Å². The molecule has 0 N–H and O–H groups in total. The average molecular weight is 299 g/mol. The van der Waals surface area contributed by atoms with Crippen LogP contribution in [0, 0.1) is 11.3 Å². The first kappa shape index (κ1) is 13.2. The number of aromatic nitrogens is 3. The first-order valence-corrected chi connectivity index (χ1v) is 7.33. The normalized spacial score (nSPS) is 24.5. The van der Waals surface area contributed by atoms with E-state index in [1.54, 1.807) is 18.2 Å². The molecule has 0 radical (unpaired) electrons. The van der Waals surface area contributed by atoms with Crippen LogP contribution in [0.25, 0.3) is 0 Å². The summed E-state index contributed by atoms with van der Waals surface area (Å²) in [6.07, 6.45) is 2.38. The molecule has 1 atom stereocenters. The Bertz CT molecular complexity index is 750. The first-order valence-electron chi connectivity index (χ1n) is 7.33. The van der Waals surface area contributed by atoms with Crippen molar-refractivity contribution in [2.75, 3.05) is 18.0 Å². The van der Waals surface area contributed by atoms with Crippen LogP contribution in [-0.2, 0) is 5.67 Å². The van der Waals surface area contributed by atoms with E-state index in [-0.39, 0.29) is 18.9 Å². The smallest absolute Gasteiger partial charge is 0.266 e. The van der Waals surface area contributed by atoms with Gasteiger partial charge < -0.3 is 9.42 Å². The van der Waals surface area contributed by atoms with Crippen LogP contribution in [0.3, 0.4) is 0 Å². The van der Waals surface area contributed by atoms with Crippen LogP contribution in [0.1, 0.15) is 42.6 Å². The van der Waals surface area contributed by atoms with E-state index in [4.69, 9.17) is 9.78 Å². The van der Waals surface area contributed by atoms with Gasteiger partial charge >= 0.3 is 0 Å². The van der Waals surface area contributed by atoms with Gasteiger partial charge in [0.1, 0.15) is 17.6 Å². The number of nitriles is 1. The van der Waals surface area contributed by atoms with E-state index in [9.17, 15) is 0 Å². The lowest BCUT2D eigenvalue weighted by Crippen LogP contribution is -2.28. The summed E-state index contributed by atoms with van der Waals surface area (Å²) in [7, 11) is 0. The van der Waals surface area contributed by atoms with Crippen LogP contribution in [-0.4, -0.2) is 28.2 Å². The molecule has 1 aliphatic heterocycles. The number of nitrogens with zero attached hydrogens (tertiary/aromatic N) is 5. The zero-order valence-corrected chi connectivity index (χ0v) is 11.9. The number of pyridine rings is 1. The summed E-state index contributed by atoms with van der Waals surface area (Å²) >= 11 is 0. The summed E-state index contributed by atoms with van der Waals surface area (Å²) in [5.74, 6) is 1.62. The molecule has 0 aromatic carbocycles. The molecule has 3 heterocycles. The highest BCUT2D eigenvalue weighted by atomic mass is 19.1. The molecule has 1 saturated heterocycles. The molecule has 1 unspecified atom stereocenters. The van der Waals surface area contributed by atoms with Gasteiger partial charge in [-0.15, -0.1) is 0 Å². The minimum atomic E-state index is -1.65. The molecule has 1 saturated carbocycles. The highest BCUT2D eigenvalue weighted by Crippen LogP contribution is 2.41. The summed E-state index contributed by atoms with van der Waals surface area (Å²) < 4.78 is 20.3. The van der Waals surface area contributed by atoms with E-state index >= 15 is 4.39 Å². The van der Waals surface area contributed by atoms with E-state index in [1.165, 1.54) is 0 Å². The number of hydrogen-bond donors (Lipinski definition) is 0. The van der Waals surface area contributed by atoms with Gasteiger partial charge in [0.05, 0.1) is 6.54 Å². The standard InChI is InChI=1S/C15H14FN5O/c16-15(14-19-13(20-22-14)10-4-5-10)6-7-21(9-15)12-3-1-2-11(8-17)18-12/h1-3,10H,4-7,9H2. The first-order chi connectivity index (χ1) is 10.7. The van der Waals surface area contributed by atoms with E-state index in [0.717, 1.165) is 12.8 Å². The average Bonchev–Trinajstić information content (AvgIpc) is 3.12. The molecule has 0 spiro atoms. The third-order valence-corrected chi connectivity index (χ3v) is 4.16. The summed E-state index contributed by atoms with van der Waals surface area (Å²) in [5.41, 5.74) is -1.33. The SMILES string of the molecule is N#Cc1cccc(N2CCC(F)(c3nc(C4CC4)no3)C2)n1. The Balaban J connectivity index is 1.56. The molecule has 2 fully saturated rings. The Kier molecular flexibility index (Phi) is 2.86. The predicted molar refractivity (Wildman–Crippen MR) is 74.8 cm³/mol. The number of halogens is 1. The Hall–Kier alpha value is -2.49. The van der Waals surface area contributed by atoms with Crippen LogP contribution in [0.4, 0.5) is 10.2 Å². The monoisotopic (exact) mass is 299 g/mol. The maximum absolute atomic E-state index is 15.1. The highest BCUT2D eigenvalue weighted by Gasteiger charge is 2.46. The van der Waals surface area contributed by atoms with Crippen molar-refractivity contribution in [3.63, 3.8) is 0 Å². The Morgan fingerprint density at radius 2 is 2.23 bits per heavy atom. The van der Waals surface area contributed by atoms with Crippen molar-refractivity contribution in [1.82, 2.24) is 15.1 Å². The maximum atomic E-state index is 15.1. The summed E-state index contributed by atoms with van der Waals surface area (Å²) in [6, 6.07) is 7.14. The fourth-order valence-corrected chi connectivity index (χ4v) is 2.73. The van der Waals surface area contributed by atoms with Crippen molar-refractivity contribution in [3.8, 4) is 6.07 Å². The third-order valence-electron chi connectivity index (χ3n) is 4.16. The molecule has 6 nitrogen and oxygen atoms in total. The lowest BCUT2D eigenvalue weighted by atomic mass is 10.1. The number of anilines is 1. The number of alkyl halides is 1. The van der Waals surface area contributed by atoms with Crippen molar-refractivity contribution in [2.45, 2.75) is 30.8 Å². The molecular weight excluding hydrogens is 285 g/mol. The molecular formula is C15H14FN5O. The summed E-state index contributed by atoms with van der Waals surface area (Å²) in [6.45, 7) is 0.612. The van der Waals surface area contributed by atoms with Crippen LogP contribution in [0.2, 0.25) is 0 Å². The topological polar surface area (TPSA) is 78.8 Å². The van der Waals surface area contributed by atoms with Gasteiger partial charge in [0, 0.05) is 18.9 Å². The fraction of sp³-hybridized carbons (Fsp3) is 0.467. The Labute approximate surface area is 126 Å². The van der Waals surface area contributed by atoms with Crippen molar-refractivity contribution in [1.29, 1.82) is 5.26 Å². The van der Waals surface area contributed by atoms with Gasteiger partial charge in [-0.05, 0) is 25.0 Å². The van der Waals surface area contributed by atoms with Crippen LogP contribution in [0.15, 0.2) is 22.7 Å². The molecule has 2 aromatic rings. The molecule has 22 heavy (non-hydrogen) atoms. The molecule has 0 amide bonds. The molecule has 7 heteroatoms. The van der Waals surface area contributed by atoms with Crippen molar-refractivity contribution >= 4 is 5.82 Å². The van der Waals surface area contributed by atoms with Crippen molar-refractivity contribution < 1.29 is 8.91 Å². The van der Waals surface area contributed by atoms with Gasteiger partial charge in [-0.3, -0.25) is 0 Å². The van der Waals surface area contributed by atoms with Crippen LogP contribution in [0.5, 0.6) is 0 Å². The van der Waals surface area contributed by atoms with Gasteiger partial charge in [-0.2, -0.15) is 10.2 Å². The van der Waals surface area contributed by atoms with Gasteiger partial charge in [0.2, 0.25) is 5.67 Å². The minimum Gasteiger partial charge on any atom is -0.353 e. The Morgan fingerprint density at radius 1 is 1.36 bits per heavy atom. The molecule has 2 aromatic heterocycles. The highest BCUT2D eigenvalue weighted by molar-refractivity contribution is 5.43. The predicted octanol–water partition coefficient (Wildman–Crippen LogP) is 2.29. The van der Waals surface area contributed by atoms with Gasteiger partial charge in [0.15, 0.2) is 5.82 Å². The molecule has 1 aliphatic carbocycles. The largest absolute Gasteiger partial charge is 0.353 e. The van der Waals surface area contributed by atoms with E-state index in [0.29, 0.717) is 29.8 Å². The molecule has 4 rings (SSSR count). The second kappa shape index (κ2) is 4.77. The zero-order chi connectivity index (χ0) is 15.2. The lowest BCUT2D eigenvalue weighted by molar-refractivity contribution is 0.136. The second-order valence-electron chi connectivity index (χ2n) is 5.86. The molecule has 0 bridgehead atoms. The quantitative estimate of drug-likeness (QED) is 0.865. The van der Waals surface area contributed by atoms with Gasteiger partial charge in [-0.1, -0.05) is 11.2 Å². The number of rotatable bonds is 3. The minimum absolute atomic E-state index is 0.0633. The summed E-state index contributed by atoms with van der Waals surface area (Å²) in [5, 5.41) is 12.8. The van der Waals surface area contributed by atoms with Crippen LogP contribution >= 0.6 is 0 Å². The van der Waals surface area contributed by atoms with E-state index in [2.05, 4.69) is 15.1 Å². The van der Waals surface area contributed by atoms with Gasteiger partial charge in [-0.25, -0.2) is 9.37 Å². The molecule has 112 valence electrons. The zero-order valence-electron chi connectivity index (χ0n) is 11.9. The fourth-order valence-electron chi connectivity index (χ4n) is 2.73. The third kappa shape index (κ3) is 2.21. The lowest BCUT2D eigenvalue weighted by Gasteiger charge is -2.18. The maximum Gasteiger partial charge on any atom is 0.266 e. The van der Waals surface area contributed by atoms with Gasteiger partial charge in [0.25, 0.3) is 5.89 Å². The van der Waals surface area contributed by atoms with Crippen molar-refractivity contribution in [3.05, 3.63) is 35.6 Å². The summed E-state index contributed by atoms with van der Waals surface area (Å²) in [4.78, 5) is 10.3. The molecule has 2 aliphatic rings. The van der Waals surface area contributed by atoms with Crippen LogP contribution < -0.4 is 4.90 Å². The second-order valence-corrected chi connectivity index (χ2v) is 5.86. The number of hydrogen-bond acceptors (Lipinski definition) is 6. The van der Waals surface area contributed by atoms with E-state index < -0.39 is 5.67 Å². The van der Waals surface area contributed by atoms with Crippen molar-refractivity contribution in [2.24, 2.45) is 0 Å².